The summed E-state index contributed by atoms with van der Waals surface area (Å²) in [4.78, 5) is 25.0. The second-order valence-electron chi connectivity index (χ2n) is 4.87. The molecule has 1 aliphatic rings. The molecule has 0 bridgehead atoms. The Labute approximate surface area is 148 Å². The van der Waals surface area contributed by atoms with Crippen molar-refractivity contribution >= 4 is 39.3 Å². The van der Waals surface area contributed by atoms with Crippen molar-refractivity contribution in [1.82, 2.24) is 0 Å². The van der Waals surface area contributed by atoms with E-state index in [4.69, 9.17) is 26.2 Å². The number of hydrogen-bond acceptors (Lipinski definition) is 8. The van der Waals surface area contributed by atoms with Crippen LogP contribution in [0.1, 0.15) is 0 Å². The van der Waals surface area contributed by atoms with Gasteiger partial charge >= 0.3 is 11.9 Å². The van der Waals surface area contributed by atoms with Gasteiger partial charge in [-0.3, -0.25) is 0 Å². The number of carbonyl (C=O) groups excluding carboxylic acids is 2. The molecule has 2 rings (SSSR count). The molecular formula is C14H15ClN2O7S. The van der Waals surface area contributed by atoms with Crippen LogP contribution in [0.25, 0.3) is 0 Å². The number of sulfonamides is 1. The van der Waals surface area contributed by atoms with Crippen LogP contribution in [-0.4, -0.2) is 47.9 Å². The highest BCUT2D eigenvalue weighted by Crippen LogP contribution is 2.33. The van der Waals surface area contributed by atoms with E-state index in [-0.39, 0.29) is 40.2 Å². The maximum atomic E-state index is 12.2. The molecule has 0 radical (unpaired) electrons. The fraction of sp³-hybridized carbons (Fsp3) is 0.286. The first-order valence-corrected chi connectivity index (χ1v) is 8.70. The number of halogens is 1. The quantitative estimate of drug-likeness (QED) is 0.731. The lowest BCUT2D eigenvalue weighted by Crippen LogP contribution is -2.39. The summed E-state index contributed by atoms with van der Waals surface area (Å²) in [6.07, 6.45) is 0. The lowest BCUT2D eigenvalue weighted by Gasteiger charge is -2.32. The smallest absolute Gasteiger partial charge is 0.355 e. The van der Waals surface area contributed by atoms with Gasteiger partial charge in [-0.1, -0.05) is 11.6 Å². The second-order valence-corrected chi connectivity index (χ2v) is 6.84. The number of anilines is 1. The van der Waals surface area contributed by atoms with Gasteiger partial charge < -0.3 is 19.1 Å². The van der Waals surface area contributed by atoms with Crippen molar-refractivity contribution in [3.8, 4) is 0 Å². The number of primary sulfonamides is 1. The van der Waals surface area contributed by atoms with Crippen LogP contribution in [0.4, 0.5) is 5.69 Å². The summed E-state index contributed by atoms with van der Waals surface area (Å²) in [5, 5.41) is 5.36. The molecule has 0 fully saturated rings. The molecule has 0 aromatic heterocycles. The van der Waals surface area contributed by atoms with Crippen molar-refractivity contribution in [1.29, 1.82) is 0 Å². The van der Waals surface area contributed by atoms with E-state index < -0.39 is 22.0 Å². The Bertz CT molecular complexity index is 851. The third-order valence-corrected chi connectivity index (χ3v) is 4.53. The Morgan fingerprint density at radius 3 is 2.44 bits per heavy atom. The van der Waals surface area contributed by atoms with E-state index in [1.165, 1.54) is 12.1 Å². The van der Waals surface area contributed by atoms with E-state index in [2.05, 4.69) is 4.74 Å². The molecule has 1 heterocycles. The summed E-state index contributed by atoms with van der Waals surface area (Å²) in [5.74, 6) is -1.67. The van der Waals surface area contributed by atoms with Gasteiger partial charge in [0, 0.05) is 5.02 Å². The third-order valence-electron chi connectivity index (χ3n) is 3.35. The summed E-state index contributed by atoms with van der Waals surface area (Å²) < 4.78 is 38.4. The topological polar surface area (TPSA) is 125 Å². The van der Waals surface area contributed by atoms with Gasteiger partial charge in [0.25, 0.3) is 0 Å². The lowest BCUT2D eigenvalue weighted by atomic mass is 10.1. The Kier molecular flexibility index (Phi) is 5.68. The van der Waals surface area contributed by atoms with E-state index in [0.717, 1.165) is 25.2 Å². The standard InChI is InChI=1S/C14H15ClN2O7S/c1-22-13(18)9-6-24-7-17(12(9)14(19)23-2)10-4-3-8(15)5-11(10)25(16,20)21/h3-5H,6-7H2,1-2H3,(H2,16,20,21). The molecule has 2 N–H and O–H groups in total. The molecule has 11 heteroatoms. The molecule has 0 unspecified atom stereocenters. The van der Waals surface area contributed by atoms with Crippen LogP contribution < -0.4 is 10.0 Å². The predicted molar refractivity (Wildman–Crippen MR) is 87.2 cm³/mol. The molecule has 9 nitrogen and oxygen atoms in total. The minimum absolute atomic E-state index is 0.00778. The number of rotatable bonds is 4. The molecule has 1 aromatic carbocycles. The largest absolute Gasteiger partial charge is 0.466 e. The van der Waals surface area contributed by atoms with Crippen molar-refractivity contribution in [2.24, 2.45) is 5.14 Å². The molecular weight excluding hydrogens is 376 g/mol. The normalized spacial score (nSPS) is 15.1. The number of hydrogen-bond donors (Lipinski definition) is 1. The number of methoxy groups -OCH3 is 2. The minimum Gasteiger partial charge on any atom is -0.466 e. The summed E-state index contributed by atoms with van der Waals surface area (Å²) >= 11 is 5.84. The molecule has 136 valence electrons. The van der Waals surface area contributed by atoms with Crippen molar-refractivity contribution in [2.75, 3.05) is 32.5 Å². The van der Waals surface area contributed by atoms with Gasteiger partial charge in [-0.15, -0.1) is 0 Å². The highest BCUT2D eigenvalue weighted by Gasteiger charge is 2.34. The highest BCUT2D eigenvalue weighted by molar-refractivity contribution is 7.89. The van der Waals surface area contributed by atoms with Gasteiger partial charge in [-0.05, 0) is 18.2 Å². The maximum absolute atomic E-state index is 12.2. The first-order chi connectivity index (χ1) is 11.7. The predicted octanol–water partition coefficient (Wildman–Crippen LogP) is 0.382. The number of ether oxygens (including phenoxy) is 3. The Morgan fingerprint density at radius 1 is 1.24 bits per heavy atom. The monoisotopic (exact) mass is 390 g/mol. The number of benzene rings is 1. The zero-order valence-electron chi connectivity index (χ0n) is 13.3. The SMILES string of the molecule is COC(=O)C1=C(C(=O)OC)N(c2ccc(Cl)cc2S(N)(=O)=O)COC1. The van der Waals surface area contributed by atoms with Crippen LogP contribution in [0.2, 0.25) is 5.02 Å². The van der Waals surface area contributed by atoms with E-state index >= 15 is 0 Å². The fourth-order valence-corrected chi connectivity index (χ4v) is 3.27. The highest BCUT2D eigenvalue weighted by atomic mass is 35.5. The van der Waals surface area contributed by atoms with Crippen molar-refractivity contribution in [2.45, 2.75) is 4.90 Å². The number of nitrogens with zero attached hydrogens (tertiary/aromatic N) is 1. The second kappa shape index (κ2) is 7.40. The average Bonchev–Trinajstić information content (AvgIpc) is 2.58. The molecule has 25 heavy (non-hydrogen) atoms. The van der Waals surface area contributed by atoms with Crippen LogP contribution in [0.3, 0.4) is 0 Å². The van der Waals surface area contributed by atoms with Crippen LogP contribution >= 0.6 is 11.6 Å². The summed E-state index contributed by atoms with van der Waals surface area (Å²) in [5.41, 5.74) is -0.308. The first-order valence-electron chi connectivity index (χ1n) is 6.78. The molecule has 1 aromatic rings. The summed E-state index contributed by atoms with van der Waals surface area (Å²) in [6.45, 7) is -0.416. The van der Waals surface area contributed by atoms with Crippen LogP contribution in [0.5, 0.6) is 0 Å². The molecule has 0 atom stereocenters. The number of esters is 2. The zero-order chi connectivity index (χ0) is 18.8. The fourth-order valence-electron chi connectivity index (χ4n) is 2.27. The maximum Gasteiger partial charge on any atom is 0.355 e. The van der Waals surface area contributed by atoms with Gasteiger partial charge in [0.2, 0.25) is 10.0 Å². The van der Waals surface area contributed by atoms with Crippen LogP contribution in [0, 0.1) is 0 Å². The van der Waals surface area contributed by atoms with E-state index in [1.807, 2.05) is 0 Å². The van der Waals surface area contributed by atoms with Crippen molar-refractivity contribution in [3.05, 3.63) is 34.5 Å². The molecule has 0 aliphatic carbocycles. The zero-order valence-corrected chi connectivity index (χ0v) is 14.9. The minimum atomic E-state index is -4.18. The molecule has 1 aliphatic heterocycles. The molecule has 0 saturated carbocycles. The van der Waals surface area contributed by atoms with E-state index in [1.54, 1.807) is 0 Å². The molecule has 0 amide bonds. The van der Waals surface area contributed by atoms with Crippen LogP contribution in [-0.2, 0) is 33.8 Å². The molecule has 0 spiro atoms. The van der Waals surface area contributed by atoms with E-state index in [9.17, 15) is 18.0 Å². The van der Waals surface area contributed by atoms with Gasteiger partial charge in [0.15, 0.2) is 0 Å². The van der Waals surface area contributed by atoms with Gasteiger partial charge in [0.05, 0.1) is 32.1 Å². The van der Waals surface area contributed by atoms with Gasteiger partial charge in [-0.2, -0.15) is 0 Å². The Balaban J connectivity index is 2.73. The summed E-state index contributed by atoms with van der Waals surface area (Å²) in [7, 11) is -1.91. The molecule has 0 saturated heterocycles. The third kappa shape index (κ3) is 3.93. The number of nitrogens with two attached hydrogens (primary N) is 1. The first kappa shape index (κ1) is 19.2. The lowest BCUT2D eigenvalue weighted by molar-refractivity contribution is -0.140. The Morgan fingerprint density at radius 2 is 1.88 bits per heavy atom. The van der Waals surface area contributed by atoms with Crippen LogP contribution in [0.15, 0.2) is 34.4 Å². The van der Waals surface area contributed by atoms with Gasteiger partial charge in [0.1, 0.15) is 17.3 Å². The number of carbonyl (C=O) groups is 2. The van der Waals surface area contributed by atoms with Gasteiger partial charge in [-0.25, -0.2) is 23.1 Å². The van der Waals surface area contributed by atoms with E-state index in [0.29, 0.717) is 0 Å². The van der Waals surface area contributed by atoms with Crippen molar-refractivity contribution < 1.29 is 32.2 Å². The Hall–Kier alpha value is -2.14. The summed E-state index contributed by atoms with van der Waals surface area (Å²) in [6, 6.07) is 3.88. The van der Waals surface area contributed by atoms with Crippen molar-refractivity contribution in [3.63, 3.8) is 0 Å². The average molecular weight is 391 g/mol.